The summed E-state index contributed by atoms with van der Waals surface area (Å²) >= 11 is 0. The molecule has 0 saturated carbocycles. The summed E-state index contributed by atoms with van der Waals surface area (Å²) in [6, 6.07) is 5.01. The molecule has 1 N–H and O–H groups in total. The zero-order valence-corrected chi connectivity index (χ0v) is 14.3. The Balaban J connectivity index is 2.46. The van der Waals surface area contributed by atoms with Gasteiger partial charge in [-0.2, -0.15) is 4.31 Å². The quantitative estimate of drug-likeness (QED) is 0.766. The minimum Gasteiger partial charge on any atom is -0.497 e. The molecule has 0 bridgehead atoms. The monoisotopic (exact) mass is 372 g/mol. The van der Waals surface area contributed by atoms with Crippen LogP contribution in [0.3, 0.4) is 0 Å². The van der Waals surface area contributed by atoms with E-state index in [9.17, 15) is 17.2 Å². The van der Waals surface area contributed by atoms with Crippen LogP contribution in [0, 0.1) is 11.6 Å². The van der Waals surface area contributed by atoms with Crippen LogP contribution in [0.1, 0.15) is 12.0 Å². The maximum Gasteiger partial charge on any atom is 0.246 e. The Labute approximate surface area is 144 Å². The fourth-order valence-electron chi connectivity index (χ4n) is 2.21. The van der Waals surface area contributed by atoms with Gasteiger partial charge in [0.15, 0.2) is 11.6 Å². The first-order valence-electron chi connectivity index (χ1n) is 7.43. The van der Waals surface area contributed by atoms with Gasteiger partial charge in [0.2, 0.25) is 10.0 Å². The number of aliphatic hydroxyl groups is 1. The van der Waals surface area contributed by atoms with E-state index in [2.05, 4.69) is 4.98 Å². The highest BCUT2D eigenvalue weighted by Gasteiger charge is 2.30. The molecule has 0 aliphatic carbocycles. The summed E-state index contributed by atoms with van der Waals surface area (Å²) in [5.74, 6) is -2.90. The van der Waals surface area contributed by atoms with Crippen molar-refractivity contribution in [1.82, 2.24) is 9.29 Å². The standard InChI is InChI=1S/C16H18F2N2O4S/c1-24-13-8-14(17)16(18)15(9-13)25(22,23)20(6-3-7-21)11-12-4-2-5-19-10-12/h2,4-5,8-10,21H,3,6-7,11H2,1H3. The molecule has 2 rings (SSSR count). The van der Waals surface area contributed by atoms with E-state index in [-0.39, 0.29) is 31.9 Å². The molecule has 25 heavy (non-hydrogen) atoms. The van der Waals surface area contributed by atoms with Gasteiger partial charge in [0.05, 0.1) is 7.11 Å². The zero-order valence-electron chi connectivity index (χ0n) is 13.5. The minimum absolute atomic E-state index is 0.0635. The first-order valence-corrected chi connectivity index (χ1v) is 8.87. The smallest absolute Gasteiger partial charge is 0.246 e. The van der Waals surface area contributed by atoms with Gasteiger partial charge in [-0.25, -0.2) is 17.2 Å². The summed E-state index contributed by atoms with van der Waals surface area (Å²) < 4.78 is 59.3. The molecule has 136 valence electrons. The Morgan fingerprint density at radius 1 is 1.32 bits per heavy atom. The number of ether oxygens (including phenoxy) is 1. The maximum absolute atomic E-state index is 14.1. The van der Waals surface area contributed by atoms with Crippen molar-refractivity contribution in [1.29, 1.82) is 0 Å². The molecule has 1 aromatic carbocycles. The van der Waals surface area contributed by atoms with Crippen LogP contribution >= 0.6 is 0 Å². The third kappa shape index (κ3) is 4.50. The molecular weight excluding hydrogens is 354 g/mol. The lowest BCUT2D eigenvalue weighted by Crippen LogP contribution is -2.33. The van der Waals surface area contributed by atoms with E-state index in [1.54, 1.807) is 12.1 Å². The fourth-order valence-corrected chi connectivity index (χ4v) is 3.77. The number of aliphatic hydroxyl groups excluding tert-OH is 1. The number of hydrogen-bond donors (Lipinski definition) is 1. The van der Waals surface area contributed by atoms with E-state index in [1.165, 1.54) is 19.5 Å². The molecule has 9 heteroatoms. The third-order valence-electron chi connectivity index (χ3n) is 3.47. The summed E-state index contributed by atoms with van der Waals surface area (Å²) in [5.41, 5.74) is 0.577. The molecule has 0 aliphatic heterocycles. The van der Waals surface area contributed by atoms with Gasteiger partial charge in [0.1, 0.15) is 10.6 Å². The van der Waals surface area contributed by atoms with Crippen LogP contribution < -0.4 is 4.74 Å². The molecule has 2 aromatic rings. The maximum atomic E-state index is 14.1. The van der Waals surface area contributed by atoms with Crippen molar-refractivity contribution < 1.29 is 27.0 Å². The molecule has 0 amide bonds. The molecule has 6 nitrogen and oxygen atoms in total. The van der Waals surface area contributed by atoms with E-state index in [1.807, 2.05) is 0 Å². The predicted molar refractivity (Wildman–Crippen MR) is 86.4 cm³/mol. The van der Waals surface area contributed by atoms with Crippen molar-refractivity contribution in [3.8, 4) is 5.75 Å². The molecular formula is C16H18F2N2O4S. The van der Waals surface area contributed by atoms with Gasteiger partial charge in [-0.3, -0.25) is 4.98 Å². The first kappa shape index (κ1) is 19.2. The minimum atomic E-state index is -4.36. The summed E-state index contributed by atoms with van der Waals surface area (Å²) in [5, 5.41) is 9.01. The average molecular weight is 372 g/mol. The van der Waals surface area contributed by atoms with Crippen molar-refractivity contribution >= 4 is 10.0 Å². The molecule has 1 aromatic heterocycles. The molecule has 0 saturated heterocycles. The van der Waals surface area contributed by atoms with Gasteiger partial charge in [-0.1, -0.05) is 6.07 Å². The van der Waals surface area contributed by atoms with Gasteiger partial charge in [-0.05, 0) is 18.1 Å². The second kappa shape index (κ2) is 8.32. The molecule has 0 radical (unpaired) electrons. The van der Waals surface area contributed by atoms with Crippen LogP contribution in [-0.4, -0.2) is 43.1 Å². The summed E-state index contributed by atoms with van der Waals surface area (Å²) in [4.78, 5) is 3.09. The number of pyridine rings is 1. The van der Waals surface area contributed by atoms with Crippen LogP contribution in [0.5, 0.6) is 5.75 Å². The van der Waals surface area contributed by atoms with Crippen LogP contribution in [-0.2, 0) is 16.6 Å². The van der Waals surface area contributed by atoms with Gasteiger partial charge in [0.25, 0.3) is 0 Å². The summed E-state index contributed by atoms with van der Waals surface area (Å²) in [7, 11) is -3.13. The number of hydrogen-bond acceptors (Lipinski definition) is 5. The highest BCUT2D eigenvalue weighted by Crippen LogP contribution is 2.27. The number of rotatable bonds is 8. The first-order chi connectivity index (χ1) is 11.9. The Hall–Kier alpha value is -2.10. The normalized spacial score (nSPS) is 11.7. The van der Waals surface area contributed by atoms with Crippen LogP contribution in [0.15, 0.2) is 41.6 Å². The zero-order chi connectivity index (χ0) is 18.4. The van der Waals surface area contributed by atoms with Crippen molar-refractivity contribution in [2.75, 3.05) is 20.3 Å². The topological polar surface area (TPSA) is 79.7 Å². The van der Waals surface area contributed by atoms with Crippen molar-refractivity contribution in [2.24, 2.45) is 0 Å². The summed E-state index contributed by atoms with van der Waals surface area (Å²) in [6.45, 7) is -0.394. The fraction of sp³-hybridized carbons (Fsp3) is 0.312. The van der Waals surface area contributed by atoms with Crippen molar-refractivity contribution in [3.05, 3.63) is 53.9 Å². The molecule has 1 heterocycles. The number of nitrogens with zero attached hydrogens (tertiary/aromatic N) is 2. The molecule has 0 fully saturated rings. The lowest BCUT2D eigenvalue weighted by Gasteiger charge is -2.22. The molecule has 0 aliphatic rings. The van der Waals surface area contributed by atoms with Crippen molar-refractivity contribution in [3.63, 3.8) is 0 Å². The highest BCUT2D eigenvalue weighted by molar-refractivity contribution is 7.89. The van der Waals surface area contributed by atoms with E-state index in [4.69, 9.17) is 9.84 Å². The average Bonchev–Trinajstić information content (AvgIpc) is 2.61. The van der Waals surface area contributed by atoms with E-state index >= 15 is 0 Å². The Bertz CT molecular complexity index is 816. The Kier molecular flexibility index (Phi) is 6.40. The third-order valence-corrected chi connectivity index (χ3v) is 5.31. The van der Waals surface area contributed by atoms with E-state index in [0.29, 0.717) is 5.56 Å². The highest BCUT2D eigenvalue weighted by atomic mass is 32.2. The predicted octanol–water partition coefficient (Wildman–Crippen LogP) is 1.94. The lowest BCUT2D eigenvalue weighted by atomic mass is 10.3. The van der Waals surface area contributed by atoms with Gasteiger partial charge >= 0.3 is 0 Å². The SMILES string of the molecule is COc1cc(F)c(F)c(S(=O)(=O)N(CCCO)Cc2cccnc2)c1. The van der Waals surface area contributed by atoms with E-state index in [0.717, 1.165) is 16.4 Å². The van der Waals surface area contributed by atoms with Crippen molar-refractivity contribution in [2.45, 2.75) is 17.9 Å². The van der Waals surface area contributed by atoms with Crippen LogP contribution in [0.2, 0.25) is 0 Å². The van der Waals surface area contributed by atoms with Crippen LogP contribution in [0.25, 0.3) is 0 Å². The van der Waals surface area contributed by atoms with Crippen LogP contribution in [0.4, 0.5) is 8.78 Å². The Morgan fingerprint density at radius 2 is 2.08 bits per heavy atom. The number of benzene rings is 1. The number of sulfonamides is 1. The van der Waals surface area contributed by atoms with Gasteiger partial charge in [0, 0.05) is 44.2 Å². The van der Waals surface area contributed by atoms with Gasteiger partial charge < -0.3 is 9.84 Å². The largest absolute Gasteiger partial charge is 0.497 e. The number of halogens is 2. The van der Waals surface area contributed by atoms with E-state index < -0.39 is 26.6 Å². The van der Waals surface area contributed by atoms with Gasteiger partial charge in [-0.15, -0.1) is 0 Å². The Morgan fingerprint density at radius 3 is 2.68 bits per heavy atom. The number of aromatic nitrogens is 1. The molecule has 0 atom stereocenters. The number of methoxy groups -OCH3 is 1. The molecule has 0 spiro atoms. The second-order valence-corrected chi connectivity index (χ2v) is 7.10. The molecule has 0 unspecified atom stereocenters. The summed E-state index contributed by atoms with van der Waals surface area (Å²) in [6.07, 6.45) is 3.16. The second-order valence-electron chi connectivity index (χ2n) is 5.20. The lowest BCUT2D eigenvalue weighted by molar-refractivity contribution is 0.267.